The summed E-state index contributed by atoms with van der Waals surface area (Å²) in [6.07, 6.45) is 3.54. The topological polar surface area (TPSA) is 74.6 Å². The Kier molecular flexibility index (Phi) is 6.73. The lowest BCUT2D eigenvalue weighted by Gasteiger charge is -2.20. The fraction of sp³-hybridized carbons (Fsp3) is 0.273. The summed E-state index contributed by atoms with van der Waals surface area (Å²) in [5.74, 6) is 2.53. The Morgan fingerprint density at radius 1 is 1.10 bits per heavy atom. The molecule has 0 aliphatic rings. The van der Waals surface area contributed by atoms with Crippen molar-refractivity contribution in [1.82, 2.24) is 14.9 Å². The second-order valence-electron chi connectivity index (χ2n) is 6.37. The lowest BCUT2D eigenvalue weighted by molar-refractivity contribution is -0.123. The van der Waals surface area contributed by atoms with Crippen LogP contribution in [0, 0.1) is 0 Å². The van der Waals surface area contributed by atoms with Crippen molar-refractivity contribution < 1.29 is 19.0 Å². The first-order valence-corrected chi connectivity index (χ1v) is 9.37. The van der Waals surface area contributed by atoms with Crippen LogP contribution in [0.4, 0.5) is 0 Å². The van der Waals surface area contributed by atoms with Gasteiger partial charge < -0.3 is 24.1 Å². The average Bonchev–Trinajstić information content (AvgIpc) is 3.17. The van der Waals surface area contributed by atoms with Crippen LogP contribution in [0.1, 0.15) is 24.4 Å². The molecular formula is C22H25N3O4. The van der Waals surface area contributed by atoms with Crippen LogP contribution < -0.4 is 19.5 Å². The molecule has 7 nitrogen and oxygen atoms in total. The van der Waals surface area contributed by atoms with Gasteiger partial charge in [0.05, 0.1) is 13.7 Å². The molecule has 1 N–H and O–H groups in total. The van der Waals surface area contributed by atoms with E-state index in [0.717, 1.165) is 11.3 Å². The molecule has 1 unspecified atom stereocenters. The van der Waals surface area contributed by atoms with Gasteiger partial charge in [-0.05, 0) is 48.9 Å². The molecule has 0 aliphatic heterocycles. The van der Waals surface area contributed by atoms with Crippen molar-refractivity contribution in [3.63, 3.8) is 0 Å². The van der Waals surface area contributed by atoms with Crippen LogP contribution in [0.3, 0.4) is 0 Å². The normalized spacial score (nSPS) is 11.6. The van der Waals surface area contributed by atoms with Gasteiger partial charge in [0.1, 0.15) is 29.1 Å². The van der Waals surface area contributed by atoms with Crippen molar-refractivity contribution in [2.75, 3.05) is 20.3 Å². The lowest BCUT2D eigenvalue weighted by Crippen LogP contribution is -2.34. The van der Waals surface area contributed by atoms with E-state index >= 15 is 0 Å². The summed E-state index contributed by atoms with van der Waals surface area (Å²) in [5.41, 5.74) is 0.869. The third-order valence-corrected chi connectivity index (χ3v) is 4.35. The van der Waals surface area contributed by atoms with Crippen LogP contribution >= 0.6 is 0 Å². The molecule has 0 bridgehead atoms. The zero-order valence-electron chi connectivity index (χ0n) is 16.8. The number of hydrogen-bond acceptors (Lipinski definition) is 5. The van der Waals surface area contributed by atoms with Crippen molar-refractivity contribution in [2.45, 2.75) is 13.0 Å². The molecule has 1 atom stereocenters. The molecule has 3 rings (SSSR count). The van der Waals surface area contributed by atoms with Gasteiger partial charge in [-0.3, -0.25) is 4.79 Å². The highest BCUT2D eigenvalue weighted by Crippen LogP contribution is 2.24. The number of ether oxygens (including phenoxy) is 3. The first-order valence-electron chi connectivity index (χ1n) is 9.37. The predicted octanol–water partition coefficient (Wildman–Crippen LogP) is 3.11. The van der Waals surface area contributed by atoms with Gasteiger partial charge in [0.15, 0.2) is 6.61 Å². The molecule has 152 valence electrons. The molecule has 1 aromatic heterocycles. The van der Waals surface area contributed by atoms with E-state index in [1.807, 2.05) is 61.1 Å². The zero-order valence-corrected chi connectivity index (χ0v) is 16.8. The monoisotopic (exact) mass is 395 g/mol. The van der Waals surface area contributed by atoms with Crippen LogP contribution in [0.15, 0.2) is 60.9 Å². The highest BCUT2D eigenvalue weighted by Gasteiger charge is 2.21. The molecule has 29 heavy (non-hydrogen) atoms. The summed E-state index contributed by atoms with van der Waals surface area (Å²) in [6, 6.07) is 14.3. The number of nitrogens with zero attached hydrogens (tertiary/aromatic N) is 2. The minimum absolute atomic E-state index is 0.112. The maximum absolute atomic E-state index is 12.6. The number of rotatable bonds is 9. The third kappa shape index (κ3) is 5.28. The van der Waals surface area contributed by atoms with Crippen molar-refractivity contribution >= 4 is 5.91 Å². The second kappa shape index (κ2) is 9.64. The lowest BCUT2D eigenvalue weighted by atomic mass is 10.1. The smallest absolute Gasteiger partial charge is 0.258 e. The van der Waals surface area contributed by atoms with Gasteiger partial charge in [0.25, 0.3) is 5.91 Å². The number of amides is 1. The summed E-state index contributed by atoms with van der Waals surface area (Å²) in [7, 11) is 3.50. The Morgan fingerprint density at radius 3 is 2.45 bits per heavy atom. The van der Waals surface area contributed by atoms with Gasteiger partial charge in [-0.25, -0.2) is 4.98 Å². The Morgan fingerprint density at radius 2 is 1.83 bits per heavy atom. The largest absolute Gasteiger partial charge is 0.497 e. The standard InChI is InChI=1S/C22H25N3O4/c1-4-28-17-8-10-18(11-9-17)29-15-20(26)24-21(22-23-12-13-25(22)2)16-6-5-7-19(14-16)27-3/h5-14,21H,4,15H2,1-3H3,(H,24,26). The van der Waals surface area contributed by atoms with Crippen molar-refractivity contribution in [3.05, 3.63) is 72.3 Å². The van der Waals surface area contributed by atoms with Crippen molar-refractivity contribution in [1.29, 1.82) is 0 Å². The molecule has 0 saturated carbocycles. The predicted molar refractivity (Wildman–Crippen MR) is 109 cm³/mol. The van der Waals surface area contributed by atoms with Crippen LogP contribution in [-0.4, -0.2) is 35.8 Å². The minimum atomic E-state index is -0.429. The molecule has 0 fully saturated rings. The minimum Gasteiger partial charge on any atom is -0.497 e. The summed E-state index contributed by atoms with van der Waals surface area (Å²) >= 11 is 0. The van der Waals surface area contributed by atoms with Gasteiger partial charge in [-0.1, -0.05) is 12.1 Å². The average molecular weight is 395 g/mol. The molecule has 7 heteroatoms. The van der Waals surface area contributed by atoms with Crippen molar-refractivity contribution in [3.8, 4) is 17.2 Å². The Balaban J connectivity index is 1.70. The number of carbonyl (C=O) groups is 1. The van der Waals surface area contributed by atoms with Crippen LogP contribution in [-0.2, 0) is 11.8 Å². The number of carbonyl (C=O) groups excluding carboxylic acids is 1. The van der Waals surface area contributed by atoms with E-state index in [9.17, 15) is 4.79 Å². The molecular weight excluding hydrogens is 370 g/mol. The highest BCUT2D eigenvalue weighted by atomic mass is 16.5. The number of methoxy groups -OCH3 is 1. The highest BCUT2D eigenvalue weighted by molar-refractivity contribution is 5.78. The van der Waals surface area contributed by atoms with Crippen molar-refractivity contribution in [2.24, 2.45) is 7.05 Å². The van der Waals surface area contributed by atoms with Gasteiger partial charge in [0, 0.05) is 19.4 Å². The molecule has 0 aliphatic carbocycles. The first kappa shape index (κ1) is 20.3. The van der Waals surface area contributed by atoms with E-state index in [1.54, 1.807) is 25.4 Å². The van der Waals surface area contributed by atoms with E-state index < -0.39 is 6.04 Å². The molecule has 0 spiro atoms. The molecule has 1 amide bonds. The van der Waals surface area contributed by atoms with Crippen LogP contribution in [0.5, 0.6) is 17.2 Å². The second-order valence-corrected chi connectivity index (χ2v) is 6.37. The summed E-state index contributed by atoms with van der Waals surface area (Å²) in [4.78, 5) is 17.0. The fourth-order valence-corrected chi connectivity index (χ4v) is 2.92. The fourth-order valence-electron chi connectivity index (χ4n) is 2.92. The molecule has 2 aromatic carbocycles. The van der Waals surface area contributed by atoms with Gasteiger partial charge in [-0.15, -0.1) is 0 Å². The van der Waals surface area contributed by atoms with E-state index in [1.165, 1.54) is 0 Å². The molecule has 1 heterocycles. The number of aryl methyl sites for hydroxylation is 1. The first-order chi connectivity index (χ1) is 14.1. The Bertz CT molecular complexity index is 937. The third-order valence-electron chi connectivity index (χ3n) is 4.35. The summed E-state index contributed by atoms with van der Waals surface area (Å²) in [6.45, 7) is 2.41. The van der Waals surface area contributed by atoms with E-state index in [4.69, 9.17) is 14.2 Å². The van der Waals surface area contributed by atoms with Crippen LogP contribution in [0.25, 0.3) is 0 Å². The van der Waals surface area contributed by atoms with E-state index in [0.29, 0.717) is 23.9 Å². The number of aromatic nitrogens is 2. The summed E-state index contributed by atoms with van der Waals surface area (Å²) in [5, 5.41) is 3.00. The maximum Gasteiger partial charge on any atom is 0.258 e. The number of imidazole rings is 1. The number of nitrogens with one attached hydrogen (secondary N) is 1. The maximum atomic E-state index is 12.6. The van der Waals surface area contributed by atoms with Gasteiger partial charge in [0.2, 0.25) is 0 Å². The quantitative estimate of drug-likeness (QED) is 0.603. The van der Waals surface area contributed by atoms with Gasteiger partial charge in [-0.2, -0.15) is 0 Å². The zero-order chi connectivity index (χ0) is 20.6. The van der Waals surface area contributed by atoms with Crippen LogP contribution in [0.2, 0.25) is 0 Å². The van der Waals surface area contributed by atoms with E-state index in [2.05, 4.69) is 10.3 Å². The summed E-state index contributed by atoms with van der Waals surface area (Å²) < 4.78 is 18.2. The van der Waals surface area contributed by atoms with Gasteiger partial charge >= 0.3 is 0 Å². The molecule has 0 saturated heterocycles. The number of hydrogen-bond donors (Lipinski definition) is 1. The molecule has 3 aromatic rings. The van der Waals surface area contributed by atoms with E-state index in [-0.39, 0.29) is 12.5 Å². The molecule has 0 radical (unpaired) electrons. The Labute approximate surface area is 170 Å². The SMILES string of the molecule is CCOc1ccc(OCC(=O)NC(c2cccc(OC)c2)c2nccn2C)cc1. The number of benzene rings is 2. The Hall–Kier alpha value is -3.48.